The molecule has 7 heteroatoms. The molecule has 1 aromatic heterocycles. The topological polar surface area (TPSA) is 64.0 Å². The summed E-state index contributed by atoms with van der Waals surface area (Å²) in [5.74, 6) is -1.29. The standard InChI is InChI=1S/C17H13ClFN3O2/c1-10-11-5-2-3-6-12(11)17(24)22(21-10)9-15(23)20-14-8-4-7-13(18)16(14)19/h2-8H,9H2,1H3,(H,20,23). The number of carbonyl (C=O) groups is 1. The third kappa shape index (κ3) is 3.00. The molecule has 0 fully saturated rings. The van der Waals surface area contributed by atoms with Crippen molar-refractivity contribution >= 4 is 34.0 Å². The fraction of sp³-hybridized carbons (Fsp3) is 0.118. The van der Waals surface area contributed by atoms with Crippen LogP contribution in [0.5, 0.6) is 0 Å². The molecule has 0 saturated heterocycles. The van der Waals surface area contributed by atoms with Gasteiger partial charge in [-0.2, -0.15) is 5.10 Å². The molecule has 0 bridgehead atoms. The van der Waals surface area contributed by atoms with Gasteiger partial charge in [-0.15, -0.1) is 0 Å². The number of halogens is 2. The van der Waals surface area contributed by atoms with Crippen LogP contribution < -0.4 is 10.9 Å². The SMILES string of the molecule is Cc1nn(CC(=O)Nc2cccc(Cl)c2F)c(=O)c2ccccc12. The van der Waals surface area contributed by atoms with Crippen LogP contribution in [0.3, 0.4) is 0 Å². The lowest BCUT2D eigenvalue weighted by Crippen LogP contribution is -2.30. The van der Waals surface area contributed by atoms with Crippen molar-refractivity contribution in [3.05, 3.63) is 69.4 Å². The molecule has 5 nitrogen and oxygen atoms in total. The summed E-state index contributed by atoms with van der Waals surface area (Å²) in [5, 5.41) is 7.66. The Morgan fingerprint density at radius 1 is 1.21 bits per heavy atom. The summed E-state index contributed by atoms with van der Waals surface area (Å²) in [5.41, 5.74) is 0.211. The van der Waals surface area contributed by atoms with Crippen molar-refractivity contribution in [2.24, 2.45) is 0 Å². The minimum atomic E-state index is -0.720. The van der Waals surface area contributed by atoms with Crippen molar-refractivity contribution in [1.82, 2.24) is 9.78 Å². The molecule has 24 heavy (non-hydrogen) atoms. The van der Waals surface area contributed by atoms with Gasteiger partial charge < -0.3 is 5.32 Å². The van der Waals surface area contributed by atoms with Crippen LogP contribution in [0.2, 0.25) is 5.02 Å². The third-order valence-corrected chi connectivity index (χ3v) is 3.86. The molecule has 0 spiro atoms. The smallest absolute Gasteiger partial charge is 0.275 e. The van der Waals surface area contributed by atoms with E-state index >= 15 is 0 Å². The van der Waals surface area contributed by atoms with Crippen LogP contribution >= 0.6 is 11.6 Å². The first-order chi connectivity index (χ1) is 11.5. The van der Waals surface area contributed by atoms with Crippen molar-refractivity contribution < 1.29 is 9.18 Å². The van der Waals surface area contributed by atoms with E-state index in [1.54, 1.807) is 25.1 Å². The van der Waals surface area contributed by atoms with Crippen molar-refractivity contribution in [3.8, 4) is 0 Å². The van der Waals surface area contributed by atoms with E-state index in [2.05, 4.69) is 10.4 Å². The highest BCUT2D eigenvalue weighted by Crippen LogP contribution is 2.21. The molecule has 1 heterocycles. The molecule has 1 N–H and O–H groups in total. The Labute approximate surface area is 141 Å². The Morgan fingerprint density at radius 2 is 1.92 bits per heavy atom. The molecular formula is C17H13ClFN3O2. The van der Waals surface area contributed by atoms with Gasteiger partial charge in [0.25, 0.3) is 5.56 Å². The van der Waals surface area contributed by atoms with Crippen molar-refractivity contribution in [3.63, 3.8) is 0 Å². The third-order valence-electron chi connectivity index (χ3n) is 3.57. The number of anilines is 1. The van der Waals surface area contributed by atoms with Crippen molar-refractivity contribution in [2.75, 3.05) is 5.32 Å². The van der Waals surface area contributed by atoms with E-state index in [9.17, 15) is 14.0 Å². The van der Waals surface area contributed by atoms with E-state index in [1.807, 2.05) is 6.07 Å². The molecule has 3 rings (SSSR count). The van der Waals surface area contributed by atoms with Gasteiger partial charge in [0.1, 0.15) is 6.54 Å². The molecule has 0 unspecified atom stereocenters. The lowest BCUT2D eigenvalue weighted by atomic mass is 10.1. The van der Waals surface area contributed by atoms with Crippen LogP contribution in [-0.4, -0.2) is 15.7 Å². The lowest BCUT2D eigenvalue weighted by Gasteiger charge is -2.10. The fourth-order valence-corrected chi connectivity index (χ4v) is 2.61. The Hall–Kier alpha value is -2.73. The first-order valence-electron chi connectivity index (χ1n) is 7.17. The normalized spacial score (nSPS) is 10.8. The van der Waals surface area contributed by atoms with Gasteiger partial charge in [0.15, 0.2) is 5.82 Å². The van der Waals surface area contributed by atoms with Crippen LogP contribution in [0.4, 0.5) is 10.1 Å². The minimum absolute atomic E-state index is 0.0435. The molecule has 0 atom stereocenters. The second-order valence-corrected chi connectivity index (χ2v) is 5.65. The largest absolute Gasteiger partial charge is 0.322 e. The molecule has 3 aromatic rings. The molecule has 0 saturated carbocycles. The number of aryl methyl sites for hydroxylation is 1. The number of nitrogens with one attached hydrogen (secondary N) is 1. The van der Waals surface area contributed by atoms with Crippen molar-refractivity contribution in [1.29, 1.82) is 0 Å². The summed E-state index contributed by atoms with van der Waals surface area (Å²) in [7, 11) is 0. The van der Waals surface area contributed by atoms with E-state index in [1.165, 1.54) is 18.2 Å². The minimum Gasteiger partial charge on any atom is -0.322 e. The van der Waals surface area contributed by atoms with Gasteiger partial charge >= 0.3 is 0 Å². The van der Waals surface area contributed by atoms with Crippen LogP contribution in [-0.2, 0) is 11.3 Å². The molecule has 122 valence electrons. The van der Waals surface area contributed by atoms with Crippen LogP contribution in [0, 0.1) is 12.7 Å². The second kappa shape index (κ2) is 6.41. The molecule has 0 radical (unpaired) electrons. The van der Waals surface area contributed by atoms with Gasteiger partial charge in [0.05, 0.1) is 21.8 Å². The highest BCUT2D eigenvalue weighted by molar-refractivity contribution is 6.31. The molecule has 1 amide bonds. The van der Waals surface area contributed by atoms with Gasteiger partial charge in [0.2, 0.25) is 5.91 Å². The molecule has 0 aliphatic heterocycles. The van der Waals surface area contributed by atoms with E-state index in [4.69, 9.17) is 11.6 Å². The maximum absolute atomic E-state index is 13.8. The predicted molar refractivity (Wildman–Crippen MR) is 90.8 cm³/mol. The number of benzene rings is 2. The van der Waals surface area contributed by atoms with Gasteiger partial charge in [-0.3, -0.25) is 9.59 Å². The number of amides is 1. The zero-order valence-corrected chi connectivity index (χ0v) is 13.5. The number of fused-ring (bicyclic) bond motifs is 1. The molecule has 0 aliphatic carbocycles. The van der Waals surface area contributed by atoms with E-state index in [0.29, 0.717) is 11.1 Å². The fourth-order valence-electron chi connectivity index (χ4n) is 2.44. The van der Waals surface area contributed by atoms with Gasteiger partial charge in [-0.25, -0.2) is 9.07 Å². The summed E-state index contributed by atoms with van der Waals surface area (Å²) in [4.78, 5) is 24.5. The monoisotopic (exact) mass is 345 g/mol. The highest BCUT2D eigenvalue weighted by atomic mass is 35.5. The quantitative estimate of drug-likeness (QED) is 0.793. The molecule has 0 aliphatic rings. The summed E-state index contributed by atoms with van der Waals surface area (Å²) in [6, 6.07) is 11.3. The van der Waals surface area contributed by atoms with Gasteiger partial charge in [-0.1, -0.05) is 35.9 Å². The second-order valence-electron chi connectivity index (χ2n) is 5.24. The average molecular weight is 346 g/mol. The lowest BCUT2D eigenvalue weighted by molar-refractivity contribution is -0.117. The number of aromatic nitrogens is 2. The average Bonchev–Trinajstić information content (AvgIpc) is 2.57. The molecular weight excluding hydrogens is 333 g/mol. The van der Waals surface area contributed by atoms with Gasteiger partial charge in [0, 0.05) is 5.39 Å². The van der Waals surface area contributed by atoms with E-state index in [-0.39, 0.29) is 22.8 Å². The summed E-state index contributed by atoms with van der Waals surface area (Å²) < 4.78 is 14.9. The summed E-state index contributed by atoms with van der Waals surface area (Å²) in [6.07, 6.45) is 0. The number of carbonyl (C=O) groups excluding carboxylic acids is 1. The molecule has 2 aromatic carbocycles. The van der Waals surface area contributed by atoms with Crippen molar-refractivity contribution in [2.45, 2.75) is 13.5 Å². The summed E-state index contributed by atoms with van der Waals surface area (Å²) in [6.45, 7) is 1.43. The van der Waals surface area contributed by atoms with Crippen LogP contribution in [0.1, 0.15) is 5.69 Å². The zero-order valence-electron chi connectivity index (χ0n) is 12.7. The number of nitrogens with zero attached hydrogens (tertiary/aromatic N) is 2. The zero-order chi connectivity index (χ0) is 17.3. The first kappa shape index (κ1) is 16.1. The Bertz CT molecular complexity index is 1000. The van der Waals surface area contributed by atoms with E-state index in [0.717, 1.165) is 10.1 Å². The van der Waals surface area contributed by atoms with Crippen LogP contribution in [0.15, 0.2) is 47.3 Å². The maximum Gasteiger partial charge on any atom is 0.275 e. The predicted octanol–water partition coefficient (Wildman–Crippen LogP) is 3.14. The van der Waals surface area contributed by atoms with Gasteiger partial charge in [-0.05, 0) is 25.1 Å². The van der Waals surface area contributed by atoms with E-state index < -0.39 is 11.7 Å². The highest BCUT2D eigenvalue weighted by Gasteiger charge is 2.13. The number of hydrogen-bond acceptors (Lipinski definition) is 3. The first-order valence-corrected chi connectivity index (χ1v) is 7.55. The Morgan fingerprint density at radius 3 is 2.67 bits per heavy atom. The summed E-state index contributed by atoms with van der Waals surface area (Å²) >= 11 is 5.67. The Kier molecular flexibility index (Phi) is 4.31. The number of rotatable bonds is 3. The number of hydrogen-bond donors (Lipinski definition) is 1. The Balaban J connectivity index is 1.90. The maximum atomic E-state index is 13.8. The van der Waals surface area contributed by atoms with Crippen LogP contribution in [0.25, 0.3) is 10.8 Å².